The lowest BCUT2D eigenvalue weighted by atomic mass is 9.88. The summed E-state index contributed by atoms with van der Waals surface area (Å²) in [5.41, 5.74) is 1.65. The summed E-state index contributed by atoms with van der Waals surface area (Å²) in [5, 5.41) is 2.66. The van der Waals surface area contributed by atoms with Crippen LogP contribution >= 0.6 is 0 Å². The molecule has 0 spiro atoms. The van der Waals surface area contributed by atoms with Gasteiger partial charge in [0.25, 0.3) is 0 Å². The van der Waals surface area contributed by atoms with E-state index in [1.54, 1.807) is 24.3 Å². The summed E-state index contributed by atoms with van der Waals surface area (Å²) in [7, 11) is -3.54. The van der Waals surface area contributed by atoms with E-state index < -0.39 is 21.5 Å². The van der Waals surface area contributed by atoms with Crippen molar-refractivity contribution in [2.75, 3.05) is 11.5 Å². The molecule has 1 N–H and O–H groups in total. The number of amides is 1. The zero-order valence-corrected chi connectivity index (χ0v) is 17.5. The largest absolute Gasteiger partial charge is 0.353 e. The summed E-state index contributed by atoms with van der Waals surface area (Å²) in [6, 6.07) is 11.9. The third-order valence-corrected chi connectivity index (χ3v) is 6.48. The number of hydrogen-bond acceptors (Lipinski definition) is 3. The Morgan fingerprint density at radius 3 is 1.90 bits per heavy atom. The average molecular weight is 424 g/mol. The molecule has 1 amide bonds. The molecule has 158 valence electrons. The third kappa shape index (κ3) is 7.57. The van der Waals surface area contributed by atoms with Crippen LogP contribution in [0.2, 0.25) is 0 Å². The molecule has 0 saturated carbocycles. The van der Waals surface area contributed by atoms with Gasteiger partial charge in [-0.3, -0.25) is 4.79 Å². The Labute approximate surface area is 171 Å². The molecule has 0 unspecified atom stereocenters. The van der Waals surface area contributed by atoms with E-state index >= 15 is 0 Å². The molecule has 0 fully saturated rings. The fraction of sp³-hybridized carbons (Fsp3) is 0.409. The van der Waals surface area contributed by atoms with Crippen molar-refractivity contribution in [3.63, 3.8) is 0 Å². The first kappa shape index (κ1) is 23.0. The van der Waals surface area contributed by atoms with Crippen LogP contribution in [0.4, 0.5) is 8.78 Å². The summed E-state index contributed by atoms with van der Waals surface area (Å²) in [6.45, 7) is 3.73. The van der Waals surface area contributed by atoms with Crippen LogP contribution in [0.5, 0.6) is 0 Å². The second-order valence-electron chi connectivity index (χ2n) is 7.27. The quantitative estimate of drug-likeness (QED) is 0.623. The fourth-order valence-electron chi connectivity index (χ4n) is 3.11. The smallest absolute Gasteiger partial charge is 0.235 e. The van der Waals surface area contributed by atoms with Crippen LogP contribution in [0.25, 0.3) is 0 Å². The summed E-state index contributed by atoms with van der Waals surface area (Å²) >= 11 is 0. The van der Waals surface area contributed by atoms with E-state index in [-0.39, 0.29) is 29.3 Å². The molecule has 0 saturated heterocycles. The van der Waals surface area contributed by atoms with Gasteiger partial charge >= 0.3 is 0 Å². The Morgan fingerprint density at radius 1 is 0.966 bits per heavy atom. The molecule has 0 aliphatic heterocycles. The predicted octanol–water partition coefficient (Wildman–Crippen LogP) is 4.21. The van der Waals surface area contributed by atoms with Gasteiger partial charge < -0.3 is 5.32 Å². The standard InChI is InChI=1S/C22H27F2NO3S/c1-3-16(2)25-22(26)15-29(27,28)14-4-5-21(17-6-10-19(23)11-7-17)18-8-12-20(24)13-9-18/h6-13,16,21H,3-5,14-15H2,1-2H3,(H,25,26)/t16-/m1/s1. The number of halogens is 2. The molecule has 29 heavy (non-hydrogen) atoms. The molecule has 2 aromatic rings. The van der Waals surface area contributed by atoms with Crippen molar-refractivity contribution in [1.29, 1.82) is 0 Å². The van der Waals surface area contributed by atoms with Crippen LogP contribution in [-0.2, 0) is 14.6 Å². The highest BCUT2D eigenvalue weighted by atomic mass is 32.2. The molecule has 0 heterocycles. The summed E-state index contributed by atoms with van der Waals surface area (Å²) in [4.78, 5) is 11.9. The van der Waals surface area contributed by atoms with Crippen LogP contribution in [0.15, 0.2) is 48.5 Å². The second-order valence-corrected chi connectivity index (χ2v) is 9.45. The monoisotopic (exact) mass is 423 g/mol. The van der Waals surface area contributed by atoms with Gasteiger partial charge in [-0.2, -0.15) is 0 Å². The van der Waals surface area contributed by atoms with Crippen molar-refractivity contribution < 1.29 is 22.0 Å². The average Bonchev–Trinajstić information content (AvgIpc) is 2.66. The molecular weight excluding hydrogens is 396 g/mol. The number of sulfone groups is 1. The molecule has 0 bridgehead atoms. The molecule has 0 aliphatic rings. The molecule has 0 radical (unpaired) electrons. The Balaban J connectivity index is 2.05. The second kappa shape index (κ2) is 10.5. The SMILES string of the molecule is CC[C@@H](C)NC(=O)CS(=O)(=O)CCCC(c1ccc(F)cc1)c1ccc(F)cc1. The number of benzene rings is 2. The molecule has 0 aromatic heterocycles. The summed E-state index contributed by atoms with van der Waals surface area (Å²) < 4.78 is 51.2. The molecule has 0 aliphatic carbocycles. The Bertz CT molecular complexity index is 851. The topological polar surface area (TPSA) is 63.2 Å². The number of carbonyl (C=O) groups excluding carboxylic acids is 1. The molecule has 1 atom stereocenters. The Morgan fingerprint density at radius 2 is 1.45 bits per heavy atom. The van der Waals surface area contributed by atoms with Crippen LogP contribution in [0, 0.1) is 11.6 Å². The van der Waals surface area contributed by atoms with Gasteiger partial charge in [-0.25, -0.2) is 17.2 Å². The van der Waals surface area contributed by atoms with Gasteiger partial charge in [0.2, 0.25) is 5.91 Å². The molecular formula is C22H27F2NO3S. The zero-order valence-electron chi connectivity index (χ0n) is 16.7. The summed E-state index contributed by atoms with van der Waals surface area (Å²) in [6.07, 6.45) is 1.53. The van der Waals surface area contributed by atoms with E-state index in [4.69, 9.17) is 0 Å². The van der Waals surface area contributed by atoms with E-state index in [9.17, 15) is 22.0 Å². The van der Waals surface area contributed by atoms with Crippen LogP contribution in [-0.4, -0.2) is 31.9 Å². The molecule has 2 rings (SSSR count). The van der Waals surface area contributed by atoms with Gasteiger partial charge in [0, 0.05) is 12.0 Å². The molecule has 4 nitrogen and oxygen atoms in total. The lowest BCUT2D eigenvalue weighted by Gasteiger charge is -2.18. The van der Waals surface area contributed by atoms with Crippen molar-refractivity contribution in [3.05, 3.63) is 71.3 Å². The van der Waals surface area contributed by atoms with Gasteiger partial charge in [-0.1, -0.05) is 31.2 Å². The minimum absolute atomic E-state index is 0.0703. The number of hydrogen-bond donors (Lipinski definition) is 1. The highest BCUT2D eigenvalue weighted by Gasteiger charge is 2.20. The van der Waals surface area contributed by atoms with E-state index in [0.717, 1.165) is 17.5 Å². The maximum Gasteiger partial charge on any atom is 0.235 e. The van der Waals surface area contributed by atoms with Crippen molar-refractivity contribution >= 4 is 15.7 Å². The summed E-state index contributed by atoms with van der Waals surface area (Å²) in [5.74, 6) is -2.06. The van der Waals surface area contributed by atoms with E-state index in [1.807, 2.05) is 13.8 Å². The van der Waals surface area contributed by atoms with Crippen molar-refractivity contribution in [2.45, 2.75) is 45.1 Å². The van der Waals surface area contributed by atoms with E-state index in [0.29, 0.717) is 12.8 Å². The lowest BCUT2D eigenvalue weighted by Crippen LogP contribution is -2.37. The molecule has 2 aromatic carbocycles. The number of carbonyl (C=O) groups is 1. The van der Waals surface area contributed by atoms with Gasteiger partial charge in [0.15, 0.2) is 9.84 Å². The van der Waals surface area contributed by atoms with Gasteiger partial charge in [-0.05, 0) is 61.6 Å². The highest BCUT2D eigenvalue weighted by Crippen LogP contribution is 2.30. The number of nitrogens with one attached hydrogen (secondary N) is 1. The van der Waals surface area contributed by atoms with Crippen molar-refractivity contribution in [1.82, 2.24) is 5.32 Å². The first-order valence-corrected chi connectivity index (χ1v) is 11.5. The van der Waals surface area contributed by atoms with Crippen LogP contribution < -0.4 is 5.32 Å². The van der Waals surface area contributed by atoms with Gasteiger partial charge in [-0.15, -0.1) is 0 Å². The highest BCUT2D eigenvalue weighted by molar-refractivity contribution is 7.92. The normalized spacial score (nSPS) is 12.7. The van der Waals surface area contributed by atoms with Crippen molar-refractivity contribution in [2.24, 2.45) is 0 Å². The zero-order chi connectivity index (χ0) is 21.4. The van der Waals surface area contributed by atoms with Gasteiger partial charge in [0.1, 0.15) is 17.4 Å². The third-order valence-electron chi connectivity index (χ3n) is 4.86. The van der Waals surface area contributed by atoms with E-state index in [2.05, 4.69) is 5.32 Å². The Hall–Kier alpha value is -2.28. The predicted molar refractivity (Wildman–Crippen MR) is 110 cm³/mol. The first-order chi connectivity index (χ1) is 13.7. The minimum atomic E-state index is -3.54. The maximum absolute atomic E-state index is 13.3. The Kier molecular flexibility index (Phi) is 8.32. The lowest BCUT2D eigenvalue weighted by molar-refractivity contribution is -0.119. The van der Waals surface area contributed by atoms with Crippen LogP contribution in [0.3, 0.4) is 0 Å². The molecule has 7 heteroatoms. The number of rotatable bonds is 10. The van der Waals surface area contributed by atoms with Crippen LogP contribution in [0.1, 0.15) is 50.2 Å². The fourth-order valence-corrected chi connectivity index (χ4v) is 4.35. The first-order valence-electron chi connectivity index (χ1n) is 9.71. The van der Waals surface area contributed by atoms with Crippen molar-refractivity contribution in [3.8, 4) is 0 Å². The van der Waals surface area contributed by atoms with Gasteiger partial charge in [0.05, 0.1) is 5.75 Å². The van der Waals surface area contributed by atoms with E-state index in [1.165, 1.54) is 24.3 Å². The minimum Gasteiger partial charge on any atom is -0.353 e. The maximum atomic E-state index is 13.3.